The number of hydrogen-bond acceptors (Lipinski definition) is 3. The van der Waals surface area contributed by atoms with E-state index in [2.05, 4.69) is 5.32 Å². The molecule has 1 atom stereocenters. The number of rotatable bonds is 3. The van der Waals surface area contributed by atoms with Crippen LogP contribution in [-0.2, 0) is 11.2 Å². The van der Waals surface area contributed by atoms with Crippen molar-refractivity contribution in [3.05, 3.63) is 101 Å². The van der Waals surface area contributed by atoms with Gasteiger partial charge < -0.3 is 10.1 Å². The lowest BCUT2D eigenvalue weighted by Crippen LogP contribution is -2.23. The van der Waals surface area contributed by atoms with Crippen LogP contribution in [0.5, 0.6) is 0 Å². The molecule has 0 aliphatic carbocycles. The Labute approximate surface area is 155 Å². The molecule has 1 N–H and O–H groups in total. The first-order chi connectivity index (χ1) is 13.1. The van der Waals surface area contributed by atoms with Gasteiger partial charge in [-0.05, 0) is 41.5 Å². The predicted molar refractivity (Wildman–Crippen MR) is 99.1 cm³/mol. The molecule has 5 heteroatoms. The van der Waals surface area contributed by atoms with E-state index >= 15 is 0 Å². The molecule has 1 heterocycles. The molecule has 0 unspecified atom stereocenters. The van der Waals surface area contributed by atoms with Crippen LogP contribution in [0.1, 0.15) is 37.9 Å². The highest BCUT2D eigenvalue weighted by atomic mass is 19.1. The Morgan fingerprint density at radius 2 is 1.74 bits per heavy atom. The van der Waals surface area contributed by atoms with Gasteiger partial charge in [0.05, 0.1) is 11.3 Å². The molecule has 0 bridgehead atoms. The van der Waals surface area contributed by atoms with Gasteiger partial charge >= 0.3 is 5.97 Å². The van der Waals surface area contributed by atoms with Gasteiger partial charge in [0.1, 0.15) is 11.9 Å². The van der Waals surface area contributed by atoms with E-state index in [4.69, 9.17) is 4.74 Å². The number of anilines is 1. The van der Waals surface area contributed by atoms with Gasteiger partial charge in [-0.2, -0.15) is 0 Å². The Kier molecular flexibility index (Phi) is 4.42. The van der Waals surface area contributed by atoms with Crippen LogP contribution in [0.3, 0.4) is 0 Å². The number of fused-ring (bicyclic) bond motifs is 1. The van der Waals surface area contributed by atoms with E-state index in [9.17, 15) is 14.0 Å². The van der Waals surface area contributed by atoms with Crippen LogP contribution >= 0.6 is 0 Å². The second kappa shape index (κ2) is 7.03. The SMILES string of the molecule is O=C(Nc1ccccc1F)c1ccc2c(c1)C[C@@H](c1ccccc1)OC2=O. The minimum absolute atomic E-state index is 0.113. The topological polar surface area (TPSA) is 55.4 Å². The first-order valence-corrected chi connectivity index (χ1v) is 8.56. The Hall–Kier alpha value is -3.47. The van der Waals surface area contributed by atoms with Gasteiger partial charge in [-0.1, -0.05) is 42.5 Å². The number of carbonyl (C=O) groups excluding carboxylic acids is 2. The molecule has 0 radical (unpaired) electrons. The summed E-state index contributed by atoms with van der Waals surface area (Å²) in [5.41, 5.74) is 2.56. The number of amides is 1. The highest BCUT2D eigenvalue weighted by molar-refractivity contribution is 6.05. The number of halogens is 1. The fourth-order valence-corrected chi connectivity index (χ4v) is 3.15. The molecular formula is C22H16FNO3. The van der Waals surface area contributed by atoms with E-state index in [0.717, 1.165) is 11.1 Å². The van der Waals surface area contributed by atoms with Crippen molar-refractivity contribution < 1.29 is 18.7 Å². The Morgan fingerprint density at radius 1 is 1.00 bits per heavy atom. The van der Waals surface area contributed by atoms with Crippen LogP contribution in [0.25, 0.3) is 0 Å². The van der Waals surface area contributed by atoms with E-state index in [1.54, 1.807) is 30.3 Å². The molecule has 1 aliphatic rings. The maximum Gasteiger partial charge on any atom is 0.339 e. The zero-order chi connectivity index (χ0) is 18.8. The highest BCUT2D eigenvalue weighted by Crippen LogP contribution is 2.31. The van der Waals surface area contributed by atoms with Crippen molar-refractivity contribution in [2.45, 2.75) is 12.5 Å². The summed E-state index contributed by atoms with van der Waals surface area (Å²) < 4.78 is 19.3. The summed E-state index contributed by atoms with van der Waals surface area (Å²) in [5, 5.41) is 2.56. The zero-order valence-corrected chi connectivity index (χ0v) is 14.3. The van der Waals surface area contributed by atoms with Gasteiger partial charge in [0.15, 0.2) is 0 Å². The summed E-state index contributed by atoms with van der Waals surface area (Å²) >= 11 is 0. The molecule has 0 saturated heterocycles. The molecule has 0 fully saturated rings. The van der Waals surface area contributed by atoms with Crippen molar-refractivity contribution in [1.29, 1.82) is 0 Å². The normalized spacial score (nSPS) is 15.6. The average molecular weight is 361 g/mol. The summed E-state index contributed by atoms with van der Waals surface area (Å²) in [4.78, 5) is 24.8. The van der Waals surface area contributed by atoms with Crippen molar-refractivity contribution in [3.63, 3.8) is 0 Å². The minimum Gasteiger partial charge on any atom is -0.454 e. The summed E-state index contributed by atoms with van der Waals surface area (Å²) in [7, 11) is 0. The second-order valence-corrected chi connectivity index (χ2v) is 6.31. The average Bonchev–Trinajstić information content (AvgIpc) is 2.70. The third-order valence-electron chi connectivity index (χ3n) is 4.54. The maximum absolute atomic E-state index is 13.8. The van der Waals surface area contributed by atoms with E-state index in [1.165, 1.54) is 12.1 Å². The Bertz CT molecular complexity index is 1020. The van der Waals surface area contributed by atoms with Crippen LogP contribution in [0, 0.1) is 5.82 Å². The van der Waals surface area contributed by atoms with Crippen molar-refractivity contribution in [2.75, 3.05) is 5.32 Å². The van der Waals surface area contributed by atoms with Gasteiger partial charge in [-0.25, -0.2) is 9.18 Å². The molecule has 0 aromatic heterocycles. The van der Waals surface area contributed by atoms with Crippen LogP contribution in [0.2, 0.25) is 0 Å². The van der Waals surface area contributed by atoms with Crippen molar-refractivity contribution in [3.8, 4) is 0 Å². The first-order valence-electron chi connectivity index (χ1n) is 8.56. The second-order valence-electron chi connectivity index (χ2n) is 6.31. The highest BCUT2D eigenvalue weighted by Gasteiger charge is 2.28. The van der Waals surface area contributed by atoms with Crippen LogP contribution in [-0.4, -0.2) is 11.9 Å². The van der Waals surface area contributed by atoms with Gasteiger partial charge in [0, 0.05) is 12.0 Å². The van der Waals surface area contributed by atoms with Crippen LogP contribution in [0.15, 0.2) is 72.8 Å². The lowest BCUT2D eigenvalue weighted by Gasteiger charge is -2.25. The van der Waals surface area contributed by atoms with Gasteiger partial charge in [0.25, 0.3) is 5.91 Å². The van der Waals surface area contributed by atoms with E-state index in [0.29, 0.717) is 17.5 Å². The minimum atomic E-state index is -0.503. The molecule has 27 heavy (non-hydrogen) atoms. The van der Waals surface area contributed by atoms with Crippen molar-refractivity contribution in [2.24, 2.45) is 0 Å². The van der Waals surface area contributed by atoms with E-state index in [-0.39, 0.29) is 5.69 Å². The van der Waals surface area contributed by atoms with Gasteiger partial charge in [-0.3, -0.25) is 4.79 Å². The van der Waals surface area contributed by atoms with Gasteiger partial charge in [0.2, 0.25) is 0 Å². The van der Waals surface area contributed by atoms with Crippen LogP contribution < -0.4 is 5.32 Å². The number of hydrogen-bond donors (Lipinski definition) is 1. The first kappa shape index (κ1) is 17.0. The lowest BCUT2D eigenvalue weighted by atomic mass is 9.93. The molecule has 3 aromatic rings. The summed E-state index contributed by atoms with van der Waals surface area (Å²) in [6.07, 6.45) is 0.0856. The van der Waals surface area contributed by atoms with Crippen LogP contribution in [0.4, 0.5) is 10.1 Å². The predicted octanol–water partition coefficient (Wildman–Crippen LogP) is 4.53. The molecule has 4 rings (SSSR count). The van der Waals surface area contributed by atoms with Gasteiger partial charge in [-0.15, -0.1) is 0 Å². The number of nitrogens with one attached hydrogen (secondary N) is 1. The number of para-hydroxylation sites is 1. The molecule has 134 valence electrons. The lowest BCUT2D eigenvalue weighted by molar-refractivity contribution is 0.0252. The molecule has 0 saturated carbocycles. The molecular weight excluding hydrogens is 345 g/mol. The molecule has 0 spiro atoms. The number of esters is 1. The molecule has 3 aromatic carbocycles. The number of carbonyl (C=O) groups is 2. The zero-order valence-electron chi connectivity index (χ0n) is 14.3. The molecule has 1 amide bonds. The summed E-state index contributed by atoms with van der Waals surface area (Å²) in [5.74, 6) is -1.35. The monoisotopic (exact) mass is 361 g/mol. The number of benzene rings is 3. The number of ether oxygens (including phenoxy) is 1. The quantitative estimate of drug-likeness (QED) is 0.697. The molecule has 1 aliphatic heterocycles. The maximum atomic E-state index is 13.8. The standard InChI is InChI=1S/C22H16FNO3/c23-18-8-4-5-9-19(18)24-21(25)15-10-11-17-16(12-15)13-20(27-22(17)26)14-6-2-1-3-7-14/h1-12,20H,13H2,(H,24,25)/t20-/m0/s1. The van der Waals surface area contributed by atoms with E-state index in [1.807, 2.05) is 30.3 Å². The third-order valence-corrected chi connectivity index (χ3v) is 4.54. The largest absolute Gasteiger partial charge is 0.454 e. The fourth-order valence-electron chi connectivity index (χ4n) is 3.15. The number of cyclic esters (lactones) is 1. The summed E-state index contributed by atoms with van der Waals surface area (Å²) in [6.45, 7) is 0. The fraction of sp³-hybridized carbons (Fsp3) is 0.0909. The smallest absolute Gasteiger partial charge is 0.339 e. The molecule has 4 nitrogen and oxygen atoms in total. The third kappa shape index (κ3) is 3.44. The Balaban J connectivity index is 1.60. The summed E-state index contributed by atoms with van der Waals surface area (Å²) in [6, 6.07) is 20.2. The van der Waals surface area contributed by atoms with E-state index < -0.39 is 23.8 Å². The van der Waals surface area contributed by atoms with Crippen molar-refractivity contribution in [1.82, 2.24) is 0 Å². The Morgan fingerprint density at radius 3 is 2.52 bits per heavy atom. The van der Waals surface area contributed by atoms with Crippen molar-refractivity contribution >= 4 is 17.6 Å².